The fourth-order valence-corrected chi connectivity index (χ4v) is 3.75. The molecule has 1 saturated carbocycles. The van der Waals surface area contributed by atoms with E-state index in [1.165, 1.54) is 0 Å². The van der Waals surface area contributed by atoms with Gasteiger partial charge in [0.1, 0.15) is 6.04 Å². The van der Waals surface area contributed by atoms with Gasteiger partial charge in [0.2, 0.25) is 5.91 Å². The molecule has 1 aromatic heterocycles. The lowest BCUT2D eigenvalue weighted by molar-refractivity contribution is -0.138. The van der Waals surface area contributed by atoms with Crippen molar-refractivity contribution in [2.75, 3.05) is 19.6 Å². The fraction of sp³-hybridized carbons (Fsp3) is 0.500. The van der Waals surface area contributed by atoms with E-state index in [1.54, 1.807) is 24.0 Å². The van der Waals surface area contributed by atoms with Crippen LogP contribution in [0.1, 0.15) is 53.8 Å². The van der Waals surface area contributed by atoms with Crippen LogP contribution in [-0.4, -0.2) is 51.4 Å². The minimum atomic E-state index is -0.426. The molecule has 1 aromatic carbocycles. The Morgan fingerprint density at radius 2 is 1.89 bits per heavy atom. The van der Waals surface area contributed by atoms with Crippen LogP contribution in [0.3, 0.4) is 0 Å². The molecule has 142 valence electrons. The summed E-state index contributed by atoms with van der Waals surface area (Å²) in [4.78, 5) is 34.0. The van der Waals surface area contributed by atoms with Gasteiger partial charge in [0.05, 0.1) is 6.54 Å². The second kappa shape index (κ2) is 7.50. The van der Waals surface area contributed by atoms with Crippen LogP contribution in [0.25, 0.3) is 0 Å². The summed E-state index contributed by atoms with van der Waals surface area (Å²) in [6, 6.07) is 8.77. The summed E-state index contributed by atoms with van der Waals surface area (Å²) >= 11 is 0. The summed E-state index contributed by atoms with van der Waals surface area (Å²) < 4.78 is 5.41. The van der Waals surface area contributed by atoms with E-state index in [0.717, 1.165) is 25.7 Å². The summed E-state index contributed by atoms with van der Waals surface area (Å²) in [5.41, 5.74) is 0.623. The zero-order valence-electron chi connectivity index (χ0n) is 15.5. The van der Waals surface area contributed by atoms with Gasteiger partial charge in [-0.2, -0.15) is 4.98 Å². The third-order valence-corrected chi connectivity index (χ3v) is 5.47. The molecule has 7 nitrogen and oxygen atoms in total. The molecule has 27 heavy (non-hydrogen) atoms. The molecule has 0 radical (unpaired) electrons. The first-order chi connectivity index (χ1) is 13.1. The van der Waals surface area contributed by atoms with E-state index in [4.69, 9.17) is 4.52 Å². The molecule has 1 saturated heterocycles. The number of hydrogen-bond acceptors (Lipinski definition) is 5. The molecule has 0 N–H and O–H groups in total. The molecule has 0 unspecified atom stereocenters. The van der Waals surface area contributed by atoms with Crippen molar-refractivity contribution < 1.29 is 14.1 Å². The van der Waals surface area contributed by atoms with E-state index in [-0.39, 0.29) is 17.7 Å². The third kappa shape index (κ3) is 3.59. The van der Waals surface area contributed by atoms with Crippen molar-refractivity contribution in [2.24, 2.45) is 5.92 Å². The Balaban J connectivity index is 1.63. The lowest BCUT2D eigenvalue weighted by Crippen LogP contribution is -2.43. The molecule has 2 fully saturated rings. The number of carbonyl (C=O) groups excluding carboxylic acids is 2. The van der Waals surface area contributed by atoms with Crippen LogP contribution in [0.15, 0.2) is 34.9 Å². The highest BCUT2D eigenvalue weighted by atomic mass is 16.5. The fourth-order valence-electron chi connectivity index (χ4n) is 3.75. The van der Waals surface area contributed by atoms with Crippen molar-refractivity contribution in [3.63, 3.8) is 0 Å². The molecule has 0 bridgehead atoms. The Hall–Kier alpha value is -2.70. The molecule has 2 aromatic rings. The molecule has 1 atom stereocenters. The minimum Gasteiger partial charge on any atom is -0.340 e. The molecule has 0 spiro atoms. The van der Waals surface area contributed by atoms with Crippen LogP contribution in [0, 0.1) is 12.8 Å². The normalized spacial score (nSPS) is 20.9. The average molecular weight is 368 g/mol. The molecule has 2 amide bonds. The number of aromatic nitrogens is 2. The number of nitrogens with zero attached hydrogens (tertiary/aromatic N) is 4. The molecule has 2 heterocycles. The number of benzene rings is 1. The summed E-state index contributed by atoms with van der Waals surface area (Å²) in [5, 5.41) is 3.89. The van der Waals surface area contributed by atoms with Gasteiger partial charge < -0.3 is 14.3 Å². The zero-order valence-corrected chi connectivity index (χ0v) is 15.5. The maximum atomic E-state index is 13.2. The van der Waals surface area contributed by atoms with Gasteiger partial charge in [0, 0.05) is 24.6 Å². The Bertz CT molecular complexity index is 816. The summed E-state index contributed by atoms with van der Waals surface area (Å²) in [5.74, 6) is 1.17. The third-order valence-electron chi connectivity index (χ3n) is 5.47. The van der Waals surface area contributed by atoms with Crippen LogP contribution >= 0.6 is 0 Å². The van der Waals surface area contributed by atoms with Gasteiger partial charge in [-0.05, 0) is 38.3 Å². The Morgan fingerprint density at radius 1 is 1.11 bits per heavy atom. The van der Waals surface area contributed by atoms with E-state index in [0.29, 0.717) is 36.9 Å². The van der Waals surface area contributed by atoms with Crippen LogP contribution < -0.4 is 0 Å². The van der Waals surface area contributed by atoms with Crippen molar-refractivity contribution >= 4 is 11.8 Å². The van der Waals surface area contributed by atoms with Crippen LogP contribution in [0.2, 0.25) is 0 Å². The maximum absolute atomic E-state index is 13.2. The minimum absolute atomic E-state index is 0.0746. The predicted octanol–water partition coefficient (Wildman–Crippen LogP) is 2.59. The number of aryl methyl sites for hydroxylation is 1. The van der Waals surface area contributed by atoms with Gasteiger partial charge in [0.15, 0.2) is 5.82 Å². The average Bonchev–Trinajstić information content (AvgIpc) is 2.94. The van der Waals surface area contributed by atoms with Crippen molar-refractivity contribution in [2.45, 2.75) is 38.6 Å². The second-order valence-electron chi connectivity index (χ2n) is 7.33. The van der Waals surface area contributed by atoms with Gasteiger partial charge in [-0.1, -0.05) is 29.8 Å². The summed E-state index contributed by atoms with van der Waals surface area (Å²) in [6.45, 7) is 3.35. The van der Waals surface area contributed by atoms with E-state index in [1.807, 2.05) is 23.1 Å². The molecule has 2 aliphatic rings. The SMILES string of the molecule is Cc1noc([C@@H]2CN(C(=O)C3CCC3)CCCN2C(=O)c2ccccc2)n1. The molecular weight excluding hydrogens is 344 g/mol. The molecule has 4 rings (SSSR count). The van der Waals surface area contributed by atoms with Gasteiger partial charge in [-0.15, -0.1) is 0 Å². The number of carbonyl (C=O) groups is 2. The zero-order chi connectivity index (χ0) is 18.8. The Labute approximate surface area is 158 Å². The van der Waals surface area contributed by atoms with Crippen molar-refractivity contribution in [1.29, 1.82) is 0 Å². The van der Waals surface area contributed by atoms with Crippen molar-refractivity contribution in [3.8, 4) is 0 Å². The highest BCUT2D eigenvalue weighted by Gasteiger charge is 2.37. The summed E-state index contributed by atoms with van der Waals surface area (Å²) in [6.07, 6.45) is 3.79. The molecule has 7 heteroatoms. The topological polar surface area (TPSA) is 79.5 Å². The molecular formula is C20H24N4O3. The Morgan fingerprint density at radius 3 is 2.52 bits per heavy atom. The van der Waals surface area contributed by atoms with Crippen molar-refractivity contribution in [3.05, 3.63) is 47.6 Å². The largest absolute Gasteiger partial charge is 0.340 e. The summed E-state index contributed by atoms with van der Waals surface area (Å²) in [7, 11) is 0. The quantitative estimate of drug-likeness (QED) is 0.832. The van der Waals surface area contributed by atoms with E-state index in [2.05, 4.69) is 10.1 Å². The van der Waals surface area contributed by atoms with Crippen molar-refractivity contribution in [1.82, 2.24) is 19.9 Å². The van der Waals surface area contributed by atoms with Gasteiger partial charge in [-0.25, -0.2) is 0 Å². The first-order valence-electron chi connectivity index (χ1n) is 9.58. The monoisotopic (exact) mass is 368 g/mol. The number of hydrogen-bond donors (Lipinski definition) is 0. The smallest absolute Gasteiger partial charge is 0.254 e. The standard InChI is InChI=1S/C20H24N4O3/c1-14-21-18(27-22-14)17-13-23(19(25)15-9-5-10-15)11-6-12-24(17)20(26)16-7-3-2-4-8-16/h2-4,7-8,15,17H,5-6,9-13H2,1H3/t17-/m0/s1. The van der Waals surface area contributed by atoms with E-state index >= 15 is 0 Å². The number of amides is 2. The van der Waals surface area contributed by atoms with Crippen LogP contribution in [0.4, 0.5) is 0 Å². The van der Waals surface area contributed by atoms with E-state index < -0.39 is 6.04 Å². The van der Waals surface area contributed by atoms with Gasteiger partial charge in [-0.3, -0.25) is 9.59 Å². The lowest BCUT2D eigenvalue weighted by Gasteiger charge is -2.33. The first kappa shape index (κ1) is 17.7. The lowest BCUT2D eigenvalue weighted by atomic mass is 9.84. The second-order valence-corrected chi connectivity index (χ2v) is 7.33. The van der Waals surface area contributed by atoms with Crippen LogP contribution in [0.5, 0.6) is 0 Å². The first-order valence-corrected chi connectivity index (χ1v) is 9.58. The highest BCUT2D eigenvalue weighted by Crippen LogP contribution is 2.31. The molecule has 1 aliphatic carbocycles. The predicted molar refractivity (Wildman–Crippen MR) is 97.8 cm³/mol. The van der Waals surface area contributed by atoms with Crippen LogP contribution in [-0.2, 0) is 4.79 Å². The number of rotatable bonds is 3. The van der Waals surface area contributed by atoms with Gasteiger partial charge in [0.25, 0.3) is 11.8 Å². The van der Waals surface area contributed by atoms with E-state index in [9.17, 15) is 9.59 Å². The highest BCUT2D eigenvalue weighted by molar-refractivity contribution is 5.94. The Kier molecular flexibility index (Phi) is 4.92. The molecule has 1 aliphatic heterocycles. The van der Waals surface area contributed by atoms with Gasteiger partial charge >= 0.3 is 0 Å². The maximum Gasteiger partial charge on any atom is 0.254 e.